The Morgan fingerprint density at radius 1 is 1.23 bits per heavy atom. The van der Waals surface area contributed by atoms with Crippen LogP contribution in [-0.4, -0.2) is 37.1 Å². The molecule has 2 amide bonds. The molecule has 0 radical (unpaired) electrons. The summed E-state index contributed by atoms with van der Waals surface area (Å²) in [5, 5.41) is 8.07. The van der Waals surface area contributed by atoms with Gasteiger partial charge in [-0.1, -0.05) is 18.2 Å². The summed E-state index contributed by atoms with van der Waals surface area (Å²) in [5.74, 6) is 0. The second-order valence-electron chi connectivity index (χ2n) is 5.73. The largest absolute Gasteiger partial charge is 0.335 e. The highest BCUT2D eigenvalue weighted by Crippen LogP contribution is 2.26. The molecule has 116 valence electrons. The number of benzene rings is 1. The van der Waals surface area contributed by atoms with Crippen molar-refractivity contribution >= 4 is 23.1 Å². The predicted molar refractivity (Wildman–Crippen MR) is 92.4 cm³/mol. The van der Waals surface area contributed by atoms with Crippen LogP contribution in [0.5, 0.6) is 0 Å². The van der Waals surface area contributed by atoms with E-state index in [1.54, 1.807) is 11.3 Å². The fraction of sp³-hybridized carbons (Fsp3) is 0.353. The fourth-order valence-corrected chi connectivity index (χ4v) is 3.42. The highest BCUT2D eigenvalue weighted by atomic mass is 32.1. The summed E-state index contributed by atoms with van der Waals surface area (Å²) < 4.78 is 0. The summed E-state index contributed by atoms with van der Waals surface area (Å²) >= 11 is 1.70. The molecular formula is C17H21N3OS. The number of thiophene rings is 1. The zero-order valence-corrected chi connectivity index (χ0v) is 13.5. The van der Waals surface area contributed by atoms with Crippen LogP contribution in [0.3, 0.4) is 0 Å². The molecule has 0 unspecified atom stereocenters. The smallest absolute Gasteiger partial charge is 0.319 e. The number of carbonyl (C=O) groups excluding carboxylic acids is 1. The standard InChI is InChI=1S/C17H21N3OS/c1-20-9-7-14(8-10-20)18-17(21)19-15-5-2-4-13(12-15)16-6-3-11-22-16/h2-6,11-12,14H,7-10H2,1H3,(H2,18,19,21). The van der Waals surface area contributed by atoms with Crippen LogP contribution in [0.1, 0.15) is 12.8 Å². The Balaban J connectivity index is 1.58. The van der Waals surface area contributed by atoms with Gasteiger partial charge in [0.25, 0.3) is 0 Å². The number of piperidine rings is 1. The molecule has 22 heavy (non-hydrogen) atoms. The Hall–Kier alpha value is -1.85. The van der Waals surface area contributed by atoms with Crippen LogP contribution in [0.4, 0.5) is 10.5 Å². The van der Waals surface area contributed by atoms with Crippen LogP contribution >= 0.6 is 11.3 Å². The van der Waals surface area contributed by atoms with Crippen molar-refractivity contribution < 1.29 is 4.79 Å². The molecule has 1 aliphatic heterocycles. The highest BCUT2D eigenvalue weighted by Gasteiger charge is 2.18. The molecule has 2 N–H and O–H groups in total. The van der Waals surface area contributed by atoms with Gasteiger partial charge in [-0.15, -0.1) is 11.3 Å². The van der Waals surface area contributed by atoms with Crippen molar-refractivity contribution in [2.45, 2.75) is 18.9 Å². The van der Waals surface area contributed by atoms with E-state index in [9.17, 15) is 4.79 Å². The van der Waals surface area contributed by atoms with E-state index < -0.39 is 0 Å². The first-order valence-corrected chi connectivity index (χ1v) is 8.49. The van der Waals surface area contributed by atoms with Crippen molar-refractivity contribution in [2.75, 3.05) is 25.5 Å². The SMILES string of the molecule is CN1CCC(NC(=O)Nc2cccc(-c3cccs3)c2)CC1. The van der Waals surface area contributed by atoms with Crippen LogP contribution in [0.2, 0.25) is 0 Å². The van der Waals surface area contributed by atoms with Gasteiger partial charge in [-0.25, -0.2) is 4.79 Å². The van der Waals surface area contributed by atoms with Crippen molar-refractivity contribution in [3.05, 3.63) is 41.8 Å². The van der Waals surface area contributed by atoms with Gasteiger partial charge in [0.15, 0.2) is 0 Å². The number of nitrogens with one attached hydrogen (secondary N) is 2. The van der Waals surface area contributed by atoms with Crippen LogP contribution < -0.4 is 10.6 Å². The fourth-order valence-electron chi connectivity index (χ4n) is 2.70. The molecule has 3 rings (SSSR count). The van der Waals surface area contributed by atoms with Crippen molar-refractivity contribution in [1.29, 1.82) is 0 Å². The minimum atomic E-state index is -0.113. The summed E-state index contributed by atoms with van der Waals surface area (Å²) in [6.45, 7) is 2.08. The van der Waals surface area contributed by atoms with E-state index in [-0.39, 0.29) is 12.1 Å². The van der Waals surface area contributed by atoms with Gasteiger partial charge >= 0.3 is 6.03 Å². The molecule has 0 atom stereocenters. The second kappa shape index (κ2) is 6.94. The lowest BCUT2D eigenvalue weighted by Gasteiger charge is -2.29. The summed E-state index contributed by atoms with van der Waals surface area (Å²) in [6.07, 6.45) is 2.03. The van der Waals surface area contributed by atoms with E-state index in [0.717, 1.165) is 37.2 Å². The van der Waals surface area contributed by atoms with E-state index >= 15 is 0 Å². The zero-order chi connectivity index (χ0) is 15.4. The van der Waals surface area contributed by atoms with E-state index in [1.165, 1.54) is 4.88 Å². The average Bonchev–Trinajstić information content (AvgIpc) is 3.04. The maximum Gasteiger partial charge on any atom is 0.319 e. The lowest BCUT2D eigenvalue weighted by Crippen LogP contribution is -2.44. The zero-order valence-electron chi connectivity index (χ0n) is 12.7. The minimum Gasteiger partial charge on any atom is -0.335 e. The molecule has 4 nitrogen and oxygen atoms in total. The van der Waals surface area contributed by atoms with Crippen molar-refractivity contribution in [3.8, 4) is 10.4 Å². The molecule has 0 saturated carbocycles. The predicted octanol–water partition coefficient (Wildman–Crippen LogP) is 3.63. The Labute approximate surface area is 135 Å². The Kier molecular flexibility index (Phi) is 4.75. The average molecular weight is 315 g/mol. The van der Waals surface area contributed by atoms with Crippen molar-refractivity contribution in [3.63, 3.8) is 0 Å². The number of hydrogen-bond donors (Lipinski definition) is 2. The van der Waals surface area contributed by atoms with Gasteiger partial charge in [-0.2, -0.15) is 0 Å². The summed E-state index contributed by atoms with van der Waals surface area (Å²) in [5.41, 5.74) is 1.96. The van der Waals surface area contributed by atoms with E-state index in [2.05, 4.69) is 40.1 Å². The molecule has 5 heteroatoms. The van der Waals surface area contributed by atoms with E-state index in [0.29, 0.717) is 0 Å². The van der Waals surface area contributed by atoms with Gasteiger partial charge in [-0.05, 0) is 62.1 Å². The number of carbonyl (C=O) groups is 1. The highest BCUT2D eigenvalue weighted by molar-refractivity contribution is 7.13. The normalized spacial score (nSPS) is 16.4. The molecule has 0 aliphatic carbocycles. The number of amides is 2. The molecule has 1 fully saturated rings. The van der Waals surface area contributed by atoms with Gasteiger partial charge in [0.05, 0.1) is 0 Å². The minimum absolute atomic E-state index is 0.113. The molecule has 1 aliphatic rings. The summed E-state index contributed by atoms with van der Waals surface area (Å²) in [4.78, 5) is 15.6. The molecule has 1 aromatic heterocycles. The number of nitrogens with zero attached hydrogens (tertiary/aromatic N) is 1. The topological polar surface area (TPSA) is 44.4 Å². The van der Waals surface area contributed by atoms with Gasteiger partial charge in [-0.3, -0.25) is 0 Å². The third-order valence-electron chi connectivity index (χ3n) is 3.98. The maximum atomic E-state index is 12.1. The lowest BCUT2D eigenvalue weighted by molar-refractivity contribution is 0.221. The Bertz CT molecular complexity index is 619. The molecular weight excluding hydrogens is 294 g/mol. The number of urea groups is 1. The van der Waals surface area contributed by atoms with Crippen molar-refractivity contribution in [1.82, 2.24) is 10.2 Å². The first-order chi connectivity index (χ1) is 10.7. The van der Waals surface area contributed by atoms with Gasteiger partial charge in [0.2, 0.25) is 0 Å². The maximum absolute atomic E-state index is 12.1. The second-order valence-corrected chi connectivity index (χ2v) is 6.68. The van der Waals surface area contributed by atoms with Crippen LogP contribution in [0, 0.1) is 0 Å². The van der Waals surface area contributed by atoms with E-state index in [1.807, 2.05) is 24.3 Å². The quantitative estimate of drug-likeness (QED) is 0.908. The number of likely N-dealkylation sites (tertiary alicyclic amines) is 1. The third-order valence-corrected chi connectivity index (χ3v) is 4.90. The monoisotopic (exact) mass is 315 g/mol. The van der Waals surface area contributed by atoms with Gasteiger partial charge in [0, 0.05) is 16.6 Å². The number of hydrogen-bond acceptors (Lipinski definition) is 3. The first-order valence-electron chi connectivity index (χ1n) is 7.61. The molecule has 0 spiro atoms. The van der Waals surface area contributed by atoms with Crippen molar-refractivity contribution in [2.24, 2.45) is 0 Å². The molecule has 1 saturated heterocycles. The molecule has 0 bridgehead atoms. The summed E-state index contributed by atoms with van der Waals surface area (Å²) in [7, 11) is 2.12. The van der Waals surface area contributed by atoms with Crippen LogP contribution in [0.25, 0.3) is 10.4 Å². The number of rotatable bonds is 3. The van der Waals surface area contributed by atoms with Gasteiger partial charge in [0.1, 0.15) is 0 Å². The molecule has 2 heterocycles. The van der Waals surface area contributed by atoms with Crippen LogP contribution in [0.15, 0.2) is 41.8 Å². The van der Waals surface area contributed by atoms with Crippen LogP contribution in [-0.2, 0) is 0 Å². The molecule has 2 aromatic rings. The summed E-state index contributed by atoms with van der Waals surface area (Å²) in [6, 6.07) is 12.3. The van der Waals surface area contributed by atoms with E-state index in [4.69, 9.17) is 0 Å². The Morgan fingerprint density at radius 3 is 2.77 bits per heavy atom. The number of anilines is 1. The first kappa shape index (κ1) is 15.1. The lowest BCUT2D eigenvalue weighted by atomic mass is 10.1. The van der Waals surface area contributed by atoms with Gasteiger partial charge < -0.3 is 15.5 Å². The third kappa shape index (κ3) is 3.87. The Morgan fingerprint density at radius 2 is 2.05 bits per heavy atom. The molecule has 1 aromatic carbocycles.